The maximum atomic E-state index is 13.6. The van der Waals surface area contributed by atoms with E-state index in [1.165, 1.54) is 32.2 Å². The van der Waals surface area contributed by atoms with Crippen molar-refractivity contribution in [1.29, 1.82) is 0 Å². The zero-order chi connectivity index (χ0) is 26.5. The molecule has 2 aromatic rings. The number of sulfonamides is 1. The third-order valence-electron chi connectivity index (χ3n) is 6.60. The summed E-state index contributed by atoms with van der Waals surface area (Å²) >= 11 is 0. The number of nitrogens with two attached hydrogens (primary N) is 1. The third-order valence-corrected chi connectivity index (χ3v) is 8.62. The molecule has 0 radical (unpaired) electrons. The number of pyridine rings is 1. The number of hydrogen-bond acceptors (Lipinski definition) is 8. The second-order valence-electron chi connectivity index (χ2n) is 9.81. The van der Waals surface area contributed by atoms with Crippen LogP contribution < -0.4 is 20.1 Å². The van der Waals surface area contributed by atoms with Crippen LogP contribution in [0.3, 0.4) is 0 Å². The largest absolute Gasteiger partial charge is 0.477 e. The predicted octanol–water partition coefficient (Wildman–Crippen LogP) is 1.75. The number of benzene rings is 1. The summed E-state index contributed by atoms with van der Waals surface area (Å²) in [5.74, 6) is -0.572. The number of sulfone groups is 1. The molecule has 2 aliphatic rings. The van der Waals surface area contributed by atoms with Crippen LogP contribution in [0.1, 0.15) is 39.5 Å². The molecular weight excluding hydrogens is 511 g/mol. The second-order valence-corrected chi connectivity index (χ2v) is 13.4. The fraction of sp³-hybridized carbons (Fsp3) is 0.478. The Balaban J connectivity index is 1.44. The summed E-state index contributed by atoms with van der Waals surface area (Å²) in [4.78, 5) is 19.2. The highest BCUT2D eigenvalue weighted by atomic mass is 32.2. The number of amides is 1. The van der Waals surface area contributed by atoms with E-state index in [1.807, 2.05) is 0 Å². The van der Waals surface area contributed by atoms with E-state index >= 15 is 0 Å². The molecule has 0 spiro atoms. The van der Waals surface area contributed by atoms with Crippen molar-refractivity contribution < 1.29 is 30.8 Å². The molecule has 10 nitrogen and oxygen atoms in total. The highest BCUT2D eigenvalue weighted by Gasteiger charge is 2.43. The molecule has 2 saturated heterocycles. The SMILES string of the molecule is CC(C)(Oc1ccc(F)cc1S(C)(=O)=O)C(=O)NC1C[C@H]2CC[C@@H](C1)N2c1ccc(S(N)(=O)=O)cn1. The van der Waals surface area contributed by atoms with Gasteiger partial charge in [-0.2, -0.15) is 0 Å². The number of carbonyl (C=O) groups is 1. The van der Waals surface area contributed by atoms with E-state index in [4.69, 9.17) is 9.88 Å². The fourth-order valence-electron chi connectivity index (χ4n) is 4.90. The first kappa shape index (κ1) is 26.3. The number of nitrogens with one attached hydrogen (secondary N) is 1. The number of ether oxygens (including phenoxy) is 1. The lowest BCUT2D eigenvalue weighted by atomic mass is 9.96. The fourth-order valence-corrected chi connectivity index (χ4v) is 6.16. The molecule has 4 rings (SSSR count). The first-order valence-corrected chi connectivity index (χ1v) is 14.9. The zero-order valence-corrected chi connectivity index (χ0v) is 21.8. The van der Waals surface area contributed by atoms with Crippen molar-refractivity contribution in [3.63, 3.8) is 0 Å². The second kappa shape index (κ2) is 9.27. The van der Waals surface area contributed by atoms with Gasteiger partial charge in [0.1, 0.15) is 27.2 Å². The Kier molecular flexibility index (Phi) is 6.77. The molecule has 3 heterocycles. The quantitative estimate of drug-likeness (QED) is 0.540. The maximum absolute atomic E-state index is 13.6. The Morgan fingerprint density at radius 1 is 1.14 bits per heavy atom. The van der Waals surface area contributed by atoms with Gasteiger partial charge in [-0.3, -0.25) is 4.79 Å². The van der Waals surface area contributed by atoms with Crippen LogP contribution in [0.25, 0.3) is 0 Å². The minimum Gasteiger partial charge on any atom is -0.477 e. The summed E-state index contributed by atoms with van der Waals surface area (Å²) in [6.45, 7) is 3.05. The van der Waals surface area contributed by atoms with E-state index in [0.717, 1.165) is 31.2 Å². The molecule has 2 fully saturated rings. The number of fused-ring (bicyclic) bond motifs is 2. The molecule has 2 bridgehead atoms. The molecule has 36 heavy (non-hydrogen) atoms. The number of halogens is 1. The molecule has 13 heteroatoms. The highest BCUT2D eigenvalue weighted by molar-refractivity contribution is 7.90. The molecular formula is C23H29FN4O6S2. The lowest BCUT2D eigenvalue weighted by molar-refractivity contribution is -0.135. The van der Waals surface area contributed by atoms with Gasteiger partial charge in [0.25, 0.3) is 5.91 Å². The number of nitrogens with zero attached hydrogens (tertiary/aromatic N) is 2. The summed E-state index contributed by atoms with van der Waals surface area (Å²) in [6, 6.07) is 6.31. The molecule has 1 aromatic carbocycles. The third kappa shape index (κ3) is 5.47. The van der Waals surface area contributed by atoms with E-state index in [0.29, 0.717) is 18.7 Å². The number of rotatable bonds is 7. The van der Waals surface area contributed by atoms with Gasteiger partial charge in [-0.1, -0.05) is 0 Å². The van der Waals surface area contributed by atoms with Crippen LogP contribution in [-0.4, -0.2) is 57.7 Å². The number of anilines is 1. The smallest absolute Gasteiger partial charge is 0.263 e. The van der Waals surface area contributed by atoms with Crippen LogP contribution in [0.4, 0.5) is 10.2 Å². The van der Waals surface area contributed by atoms with Crippen molar-refractivity contribution in [2.24, 2.45) is 5.14 Å². The highest BCUT2D eigenvalue weighted by Crippen LogP contribution is 2.39. The molecule has 3 N–H and O–H groups in total. The van der Waals surface area contributed by atoms with Crippen molar-refractivity contribution in [2.45, 2.75) is 73.0 Å². The molecule has 0 saturated carbocycles. The Morgan fingerprint density at radius 3 is 2.31 bits per heavy atom. The minimum atomic E-state index is -3.83. The lowest BCUT2D eigenvalue weighted by Gasteiger charge is -2.40. The Labute approximate surface area is 210 Å². The topological polar surface area (TPSA) is 149 Å². The van der Waals surface area contributed by atoms with Gasteiger partial charge in [0.15, 0.2) is 15.4 Å². The van der Waals surface area contributed by atoms with E-state index in [1.54, 1.807) is 6.07 Å². The number of primary sulfonamides is 1. The summed E-state index contributed by atoms with van der Waals surface area (Å²) in [6.07, 6.45) is 5.32. The molecule has 1 unspecified atom stereocenters. The van der Waals surface area contributed by atoms with Gasteiger partial charge in [-0.05, 0) is 69.9 Å². The average Bonchev–Trinajstić information content (AvgIpc) is 3.04. The summed E-state index contributed by atoms with van der Waals surface area (Å²) in [5, 5.41) is 8.18. The molecule has 2 aliphatic heterocycles. The van der Waals surface area contributed by atoms with Gasteiger partial charge in [0.05, 0.1) is 0 Å². The van der Waals surface area contributed by atoms with Gasteiger partial charge in [-0.15, -0.1) is 0 Å². The van der Waals surface area contributed by atoms with Crippen molar-refractivity contribution in [1.82, 2.24) is 10.3 Å². The molecule has 1 aromatic heterocycles. The van der Waals surface area contributed by atoms with Crippen LogP contribution in [0.5, 0.6) is 5.75 Å². The number of aromatic nitrogens is 1. The predicted molar refractivity (Wildman–Crippen MR) is 130 cm³/mol. The van der Waals surface area contributed by atoms with E-state index in [9.17, 15) is 26.0 Å². The van der Waals surface area contributed by atoms with Crippen molar-refractivity contribution in [2.75, 3.05) is 11.2 Å². The van der Waals surface area contributed by atoms with Gasteiger partial charge in [0.2, 0.25) is 10.0 Å². The molecule has 1 amide bonds. The first-order valence-electron chi connectivity index (χ1n) is 11.4. The zero-order valence-electron chi connectivity index (χ0n) is 20.1. The van der Waals surface area contributed by atoms with Gasteiger partial charge >= 0.3 is 0 Å². The monoisotopic (exact) mass is 540 g/mol. The normalized spacial score (nSPS) is 22.4. The van der Waals surface area contributed by atoms with E-state index in [-0.39, 0.29) is 33.7 Å². The maximum Gasteiger partial charge on any atom is 0.263 e. The Morgan fingerprint density at radius 2 is 1.78 bits per heavy atom. The number of piperidine rings is 1. The van der Waals surface area contributed by atoms with Crippen molar-refractivity contribution in [3.8, 4) is 5.75 Å². The van der Waals surface area contributed by atoms with Crippen LogP contribution in [0, 0.1) is 5.82 Å². The Hall–Kier alpha value is -2.77. The van der Waals surface area contributed by atoms with Crippen LogP contribution in [0.15, 0.2) is 46.3 Å². The lowest BCUT2D eigenvalue weighted by Crippen LogP contribution is -2.55. The average molecular weight is 541 g/mol. The van der Waals surface area contributed by atoms with Crippen molar-refractivity contribution in [3.05, 3.63) is 42.3 Å². The molecule has 3 atom stereocenters. The number of carbonyl (C=O) groups excluding carboxylic acids is 1. The van der Waals surface area contributed by atoms with E-state index < -0.39 is 37.2 Å². The molecule has 0 aliphatic carbocycles. The first-order chi connectivity index (χ1) is 16.6. The Bertz CT molecular complexity index is 1370. The van der Waals surface area contributed by atoms with Crippen LogP contribution in [0.2, 0.25) is 0 Å². The van der Waals surface area contributed by atoms with Crippen LogP contribution >= 0.6 is 0 Å². The van der Waals surface area contributed by atoms with Gasteiger partial charge in [-0.25, -0.2) is 31.3 Å². The van der Waals surface area contributed by atoms with Crippen LogP contribution in [-0.2, 0) is 24.7 Å². The summed E-state index contributed by atoms with van der Waals surface area (Å²) < 4.78 is 66.6. The standard InChI is InChI=1S/C23H29FN4O6S2/c1-23(2,34-19-8-4-14(24)10-20(19)35(3,30)31)22(29)27-15-11-16-5-6-17(12-15)28(16)21-9-7-18(13-26-21)36(25,32)33/h4,7-10,13,15-17H,5-6,11-12H2,1-3H3,(H,27,29)(H2,25,32,33)/t15?,16-,17+. The van der Waals surface area contributed by atoms with E-state index in [2.05, 4.69) is 15.2 Å². The molecule has 196 valence electrons. The summed E-state index contributed by atoms with van der Waals surface area (Å²) in [7, 11) is -7.61. The van der Waals surface area contributed by atoms with Gasteiger partial charge < -0.3 is 15.0 Å². The minimum absolute atomic E-state index is 0.0526. The number of hydrogen-bond donors (Lipinski definition) is 2. The van der Waals surface area contributed by atoms with Crippen molar-refractivity contribution >= 4 is 31.6 Å². The van der Waals surface area contributed by atoms with Gasteiger partial charge in [0, 0.05) is 30.6 Å². The summed E-state index contributed by atoms with van der Waals surface area (Å²) in [5.41, 5.74) is -1.42.